The van der Waals surface area contributed by atoms with Crippen LogP contribution in [-0.2, 0) is 14.4 Å². The van der Waals surface area contributed by atoms with Gasteiger partial charge in [-0.25, -0.2) is 4.79 Å². The number of carboxylic acids is 2. The van der Waals surface area contributed by atoms with Crippen molar-refractivity contribution >= 4 is 17.8 Å². The molecule has 1 amide bonds. The van der Waals surface area contributed by atoms with Crippen molar-refractivity contribution in [3.05, 3.63) is 0 Å². The summed E-state index contributed by atoms with van der Waals surface area (Å²) in [6.07, 6.45) is 11.7. The molecule has 0 saturated heterocycles. The Kier molecular flexibility index (Phi) is 14.7. The van der Waals surface area contributed by atoms with Gasteiger partial charge in [-0.1, -0.05) is 71.6 Å². The maximum atomic E-state index is 11.8. The van der Waals surface area contributed by atoms with E-state index in [0.29, 0.717) is 6.42 Å². The largest absolute Gasteiger partial charge is 0.481 e. The maximum Gasteiger partial charge on any atom is 0.326 e. The summed E-state index contributed by atoms with van der Waals surface area (Å²) in [5, 5.41) is 20.0. The molecule has 3 N–H and O–H groups in total. The molecule has 0 aromatic carbocycles. The fourth-order valence-corrected chi connectivity index (χ4v) is 2.87. The second-order valence-corrected chi connectivity index (χ2v) is 7.51. The predicted octanol–water partition coefficient (Wildman–Crippen LogP) is 4.37. The summed E-state index contributed by atoms with van der Waals surface area (Å²) >= 11 is 0. The molecule has 0 aliphatic rings. The number of carbonyl (C=O) groups is 3. The Morgan fingerprint density at radius 1 is 0.731 bits per heavy atom. The third kappa shape index (κ3) is 15.9. The lowest BCUT2D eigenvalue weighted by molar-refractivity contribution is -0.143. The Balaban J connectivity index is 3.57. The number of carboxylic acid groups (broad SMARTS) is 2. The first kappa shape index (κ1) is 24.4. The normalized spacial score (nSPS) is 12.1. The minimum atomic E-state index is -1.19. The molecular weight excluding hydrogens is 334 g/mol. The molecule has 0 aromatic heterocycles. The van der Waals surface area contributed by atoms with Crippen LogP contribution in [0.25, 0.3) is 0 Å². The van der Waals surface area contributed by atoms with Crippen LogP contribution >= 0.6 is 0 Å². The number of nitrogens with one attached hydrogen (secondary N) is 1. The molecule has 0 rings (SSSR count). The number of unbranched alkanes of at least 4 members (excludes halogenated alkanes) is 8. The quantitative estimate of drug-likeness (QED) is 0.329. The van der Waals surface area contributed by atoms with Crippen molar-refractivity contribution in [1.29, 1.82) is 0 Å². The van der Waals surface area contributed by atoms with E-state index in [9.17, 15) is 14.4 Å². The molecule has 0 fully saturated rings. The molecule has 26 heavy (non-hydrogen) atoms. The molecule has 152 valence electrons. The van der Waals surface area contributed by atoms with Gasteiger partial charge in [-0.05, 0) is 18.8 Å². The van der Waals surface area contributed by atoms with Crippen molar-refractivity contribution < 1.29 is 24.6 Å². The van der Waals surface area contributed by atoms with Crippen LogP contribution in [0.4, 0.5) is 0 Å². The van der Waals surface area contributed by atoms with Gasteiger partial charge in [-0.3, -0.25) is 9.59 Å². The lowest BCUT2D eigenvalue weighted by atomic mass is 10.0. The fourth-order valence-electron chi connectivity index (χ4n) is 2.87. The van der Waals surface area contributed by atoms with Gasteiger partial charge in [0.1, 0.15) is 6.04 Å². The minimum Gasteiger partial charge on any atom is -0.481 e. The van der Waals surface area contributed by atoms with E-state index in [4.69, 9.17) is 10.2 Å². The highest BCUT2D eigenvalue weighted by Gasteiger charge is 2.20. The molecule has 0 aromatic rings. The van der Waals surface area contributed by atoms with E-state index in [-0.39, 0.29) is 18.7 Å². The topological polar surface area (TPSA) is 104 Å². The molecular formula is C20H37NO5. The molecule has 0 saturated carbocycles. The van der Waals surface area contributed by atoms with Crippen molar-refractivity contribution in [3.63, 3.8) is 0 Å². The van der Waals surface area contributed by atoms with Crippen LogP contribution in [0.1, 0.15) is 97.3 Å². The van der Waals surface area contributed by atoms with E-state index in [1.807, 2.05) is 0 Å². The van der Waals surface area contributed by atoms with Gasteiger partial charge < -0.3 is 15.5 Å². The Labute approximate surface area is 157 Å². The van der Waals surface area contributed by atoms with E-state index in [1.54, 1.807) is 0 Å². The van der Waals surface area contributed by atoms with Crippen LogP contribution in [0.3, 0.4) is 0 Å². The summed E-state index contributed by atoms with van der Waals surface area (Å²) in [5.41, 5.74) is 0. The number of rotatable bonds is 17. The van der Waals surface area contributed by atoms with Gasteiger partial charge in [0, 0.05) is 12.8 Å². The Morgan fingerprint density at radius 3 is 1.69 bits per heavy atom. The standard InChI is InChI=1S/C20H37NO5/c1-16(2)12-10-8-6-4-3-5-7-9-11-13-18(22)21-17(20(25)26)14-15-19(23)24/h16-17H,3-15H2,1-2H3,(H,21,22)(H,23,24)(H,25,26)/t17-/m0/s1. The smallest absolute Gasteiger partial charge is 0.326 e. The van der Waals surface area contributed by atoms with Gasteiger partial charge in [-0.2, -0.15) is 0 Å². The van der Waals surface area contributed by atoms with Crippen molar-refractivity contribution in [2.75, 3.05) is 0 Å². The van der Waals surface area contributed by atoms with Crippen LogP contribution in [0.2, 0.25) is 0 Å². The van der Waals surface area contributed by atoms with Gasteiger partial charge in [0.05, 0.1) is 0 Å². The molecule has 0 aliphatic carbocycles. The van der Waals surface area contributed by atoms with E-state index in [0.717, 1.165) is 25.2 Å². The van der Waals surface area contributed by atoms with E-state index < -0.39 is 18.0 Å². The highest BCUT2D eigenvalue weighted by molar-refractivity contribution is 5.83. The van der Waals surface area contributed by atoms with Gasteiger partial charge in [0.25, 0.3) is 0 Å². The first-order valence-electron chi connectivity index (χ1n) is 10.1. The van der Waals surface area contributed by atoms with E-state index in [1.165, 1.54) is 44.9 Å². The molecule has 0 aliphatic heterocycles. The van der Waals surface area contributed by atoms with Crippen molar-refractivity contribution in [2.24, 2.45) is 5.92 Å². The molecule has 0 spiro atoms. The molecule has 0 unspecified atom stereocenters. The second-order valence-electron chi connectivity index (χ2n) is 7.51. The van der Waals surface area contributed by atoms with Crippen LogP contribution in [0, 0.1) is 5.92 Å². The number of hydrogen-bond acceptors (Lipinski definition) is 3. The highest BCUT2D eigenvalue weighted by atomic mass is 16.4. The van der Waals surface area contributed by atoms with Crippen LogP contribution in [0.5, 0.6) is 0 Å². The first-order chi connectivity index (χ1) is 12.3. The number of hydrogen-bond donors (Lipinski definition) is 3. The molecule has 0 radical (unpaired) electrons. The lowest BCUT2D eigenvalue weighted by Crippen LogP contribution is -2.41. The summed E-state index contributed by atoms with van der Waals surface area (Å²) in [7, 11) is 0. The SMILES string of the molecule is CC(C)CCCCCCCCCCCC(=O)N[C@@H](CCC(=O)O)C(=O)O. The Bertz CT molecular complexity index is 409. The average Bonchev–Trinajstić information content (AvgIpc) is 2.55. The zero-order valence-corrected chi connectivity index (χ0v) is 16.5. The van der Waals surface area contributed by atoms with E-state index >= 15 is 0 Å². The zero-order valence-electron chi connectivity index (χ0n) is 16.5. The summed E-state index contributed by atoms with van der Waals surface area (Å²) in [4.78, 5) is 33.3. The van der Waals surface area contributed by atoms with Gasteiger partial charge in [-0.15, -0.1) is 0 Å². The van der Waals surface area contributed by atoms with Crippen LogP contribution in [-0.4, -0.2) is 34.1 Å². The summed E-state index contributed by atoms with van der Waals surface area (Å²) in [6, 6.07) is -1.12. The minimum absolute atomic E-state index is 0.0897. The third-order valence-corrected chi connectivity index (χ3v) is 4.47. The first-order valence-corrected chi connectivity index (χ1v) is 10.1. The Morgan fingerprint density at radius 2 is 1.23 bits per heavy atom. The molecule has 1 atom stereocenters. The average molecular weight is 372 g/mol. The lowest BCUT2D eigenvalue weighted by Gasteiger charge is -2.13. The number of carbonyl (C=O) groups excluding carboxylic acids is 1. The van der Waals surface area contributed by atoms with Gasteiger partial charge >= 0.3 is 11.9 Å². The summed E-state index contributed by atoms with van der Waals surface area (Å²) in [6.45, 7) is 4.52. The molecule has 0 bridgehead atoms. The van der Waals surface area contributed by atoms with E-state index in [2.05, 4.69) is 19.2 Å². The molecule has 6 heteroatoms. The Hall–Kier alpha value is -1.59. The monoisotopic (exact) mass is 371 g/mol. The summed E-state index contributed by atoms with van der Waals surface area (Å²) in [5.74, 6) is -1.76. The van der Waals surface area contributed by atoms with Crippen molar-refractivity contribution in [1.82, 2.24) is 5.32 Å². The third-order valence-electron chi connectivity index (χ3n) is 4.47. The number of aliphatic carboxylic acids is 2. The zero-order chi connectivity index (χ0) is 19.8. The highest BCUT2D eigenvalue weighted by Crippen LogP contribution is 2.13. The second kappa shape index (κ2) is 15.6. The molecule has 0 heterocycles. The fraction of sp³-hybridized carbons (Fsp3) is 0.850. The van der Waals surface area contributed by atoms with Crippen LogP contribution < -0.4 is 5.32 Å². The predicted molar refractivity (Wildman–Crippen MR) is 102 cm³/mol. The van der Waals surface area contributed by atoms with Gasteiger partial charge in [0.15, 0.2) is 0 Å². The van der Waals surface area contributed by atoms with Crippen molar-refractivity contribution in [2.45, 2.75) is 103 Å². The van der Waals surface area contributed by atoms with Gasteiger partial charge in [0.2, 0.25) is 5.91 Å². The van der Waals surface area contributed by atoms with Crippen LogP contribution in [0.15, 0.2) is 0 Å². The maximum absolute atomic E-state index is 11.8. The van der Waals surface area contributed by atoms with Crippen molar-refractivity contribution in [3.8, 4) is 0 Å². The summed E-state index contributed by atoms with van der Waals surface area (Å²) < 4.78 is 0. The number of amides is 1. The molecule has 6 nitrogen and oxygen atoms in total.